The maximum Gasteiger partial charge on any atom is 0.123 e. The molecule has 90 valence electrons. The molecule has 0 bridgehead atoms. The van der Waals surface area contributed by atoms with E-state index in [0.29, 0.717) is 6.04 Å². The molecule has 1 saturated carbocycles. The molecule has 1 aromatic carbocycles. The topological polar surface area (TPSA) is 12.0 Å². The molecule has 0 aromatic heterocycles. The maximum atomic E-state index is 12.9. The molecule has 0 aliphatic heterocycles. The van der Waals surface area contributed by atoms with Gasteiger partial charge in [0, 0.05) is 6.04 Å². The Kier molecular flexibility index (Phi) is 5.78. The van der Waals surface area contributed by atoms with Crippen molar-refractivity contribution in [1.82, 2.24) is 5.32 Å². The Balaban J connectivity index is 0.00000128. The Labute approximate surface area is 103 Å². The van der Waals surface area contributed by atoms with E-state index < -0.39 is 0 Å². The molecule has 1 nitrogen and oxygen atoms in total. The van der Waals surface area contributed by atoms with Crippen molar-refractivity contribution >= 4 is 12.4 Å². The first-order valence-electron chi connectivity index (χ1n) is 5.82. The van der Waals surface area contributed by atoms with Crippen LogP contribution in [0.5, 0.6) is 0 Å². The molecule has 0 spiro atoms. The Hall–Kier alpha value is -0.600. The first-order valence-corrected chi connectivity index (χ1v) is 5.82. The molecule has 16 heavy (non-hydrogen) atoms. The predicted octanol–water partition coefficient (Wildman–Crippen LogP) is 3.32. The zero-order valence-electron chi connectivity index (χ0n) is 9.42. The van der Waals surface area contributed by atoms with E-state index in [1.807, 2.05) is 6.07 Å². The van der Waals surface area contributed by atoms with Gasteiger partial charge in [0.1, 0.15) is 5.82 Å². The van der Waals surface area contributed by atoms with Crippen LogP contribution in [0.4, 0.5) is 4.39 Å². The summed E-state index contributed by atoms with van der Waals surface area (Å²) in [5, 5.41) is 3.53. The van der Waals surface area contributed by atoms with Gasteiger partial charge in [-0.15, -0.1) is 12.4 Å². The maximum absolute atomic E-state index is 12.9. The van der Waals surface area contributed by atoms with E-state index in [1.54, 1.807) is 12.1 Å². The summed E-state index contributed by atoms with van der Waals surface area (Å²) in [5.74, 6) is -0.131. The molecule has 1 aliphatic rings. The summed E-state index contributed by atoms with van der Waals surface area (Å²) in [7, 11) is 0. The van der Waals surface area contributed by atoms with Crippen molar-refractivity contribution in [1.29, 1.82) is 0 Å². The molecule has 1 aliphatic carbocycles. The smallest absolute Gasteiger partial charge is 0.123 e. The van der Waals surface area contributed by atoms with Gasteiger partial charge in [0.2, 0.25) is 0 Å². The third-order valence-corrected chi connectivity index (χ3v) is 3.09. The van der Waals surface area contributed by atoms with Crippen molar-refractivity contribution < 1.29 is 4.39 Å². The molecule has 0 saturated heterocycles. The molecule has 2 rings (SSSR count). The Morgan fingerprint density at radius 1 is 1.25 bits per heavy atom. The third kappa shape index (κ3) is 4.11. The zero-order valence-corrected chi connectivity index (χ0v) is 10.2. The molecular weight excluding hydrogens is 225 g/mol. The van der Waals surface area contributed by atoms with Gasteiger partial charge in [0.05, 0.1) is 0 Å². The van der Waals surface area contributed by atoms with E-state index >= 15 is 0 Å². The predicted molar refractivity (Wildman–Crippen MR) is 67.6 cm³/mol. The van der Waals surface area contributed by atoms with Crippen LogP contribution in [0.1, 0.15) is 31.2 Å². The highest BCUT2D eigenvalue weighted by atomic mass is 35.5. The van der Waals surface area contributed by atoms with Crippen molar-refractivity contribution in [3.05, 3.63) is 35.6 Å². The highest BCUT2D eigenvalue weighted by Gasteiger charge is 2.13. The van der Waals surface area contributed by atoms with Crippen LogP contribution in [0.25, 0.3) is 0 Å². The number of hydrogen-bond acceptors (Lipinski definition) is 1. The normalized spacial score (nSPS) is 16.1. The number of hydrogen-bond donors (Lipinski definition) is 1. The fourth-order valence-electron chi connectivity index (χ4n) is 2.24. The van der Waals surface area contributed by atoms with Gasteiger partial charge in [-0.2, -0.15) is 0 Å². The number of halogens is 2. The minimum absolute atomic E-state index is 0. The second kappa shape index (κ2) is 6.87. The number of rotatable bonds is 4. The van der Waals surface area contributed by atoms with Crippen LogP contribution < -0.4 is 5.32 Å². The lowest BCUT2D eigenvalue weighted by molar-refractivity contribution is 0.527. The SMILES string of the molecule is Cl.Fc1cccc(CCNC2CCCC2)c1. The van der Waals surface area contributed by atoms with E-state index in [9.17, 15) is 4.39 Å². The Morgan fingerprint density at radius 3 is 2.69 bits per heavy atom. The van der Waals surface area contributed by atoms with Gasteiger partial charge < -0.3 is 5.32 Å². The average Bonchev–Trinajstić information content (AvgIpc) is 2.71. The fraction of sp³-hybridized carbons (Fsp3) is 0.538. The number of benzene rings is 1. The third-order valence-electron chi connectivity index (χ3n) is 3.09. The summed E-state index contributed by atoms with van der Waals surface area (Å²) in [4.78, 5) is 0. The lowest BCUT2D eigenvalue weighted by Gasteiger charge is -2.11. The fourth-order valence-corrected chi connectivity index (χ4v) is 2.24. The minimum atomic E-state index is -0.131. The summed E-state index contributed by atoms with van der Waals surface area (Å²) < 4.78 is 12.9. The summed E-state index contributed by atoms with van der Waals surface area (Å²) in [5.41, 5.74) is 1.08. The molecule has 1 fully saturated rings. The second-order valence-electron chi connectivity index (χ2n) is 4.32. The van der Waals surface area contributed by atoms with E-state index in [2.05, 4.69) is 5.32 Å². The molecule has 0 amide bonds. The van der Waals surface area contributed by atoms with Crippen LogP contribution >= 0.6 is 12.4 Å². The van der Waals surface area contributed by atoms with Crippen LogP contribution in [0.2, 0.25) is 0 Å². The van der Waals surface area contributed by atoms with Crippen molar-refractivity contribution in [3.8, 4) is 0 Å². The monoisotopic (exact) mass is 243 g/mol. The van der Waals surface area contributed by atoms with Crippen molar-refractivity contribution in [3.63, 3.8) is 0 Å². The standard InChI is InChI=1S/C13H18FN.ClH/c14-12-5-3-4-11(10-12)8-9-15-13-6-1-2-7-13;/h3-5,10,13,15H,1-2,6-9H2;1H. The van der Waals surface area contributed by atoms with Gasteiger partial charge in [-0.3, -0.25) is 0 Å². The molecule has 1 N–H and O–H groups in total. The van der Waals surface area contributed by atoms with E-state index in [-0.39, 0.29) is 18.2 Å². The molecule has 0 radical (unpaired) electrons. The van der Waals surface area contributed by atoms with Gasteiger partial charge in [0.25, 0.3) is 0 Å². The second-order valence-corrected chi connectivity index (χ2v) is 4.32. The van der Waals surface area contributed by atoms with Gasteiger partial charge >= 0.3 is 0 Å². The van der Waals surface area contributed by atoms with Crippen LogP contribution in [0, 0.1) is 5.82 Å². The lowest BCUT2D eigenvalue weighted by atomic mass is 10.1. The van der Waals surface area contributed by atoms with E-state index in [0.717, 1.165) is 18.5 Å². The Bertz CT molecular complexity index is 311. The zero-order chi connectivity index (χ0) is 10.5. The van der Waals surface area contributed by atoms with Gasteiger partial charge in [-0.05, 0) is 43.5 Å². The van der Waals surface area contributed by atoms with Gasteiger partial charge in [-0.1, -0.05) is 25.0 Å². The number of nitrogens with one attached hydrogen (secondary N) is 1. The quantitative estimate of drug-likeness (QED) is 0.856. The molecule has 0 atom stereocenters. The average molecular weight is 244 g/mol. The van der Waals surface area contributed by atoms with Crippen LogP contribution in [0.15, 0.2) is 24.3 Å². The summed E-state index contributed by atoms with van der Waals surface area (Å²) >= 11 is 0. The van der Waals surface area contributed by atoms with Crippen LogP contribution in [-0.4, -0.2) is 12.6 Å². The van der Waals surface area contributed by atoms with Crippen molar-refractivity contribution in [2.24, 2.45) is 0 Å². The summed E-state index contributed by atoms with van der Waals surface area (Å²) in [6.07, 6.45) is 6.26. The largest absolute Gasteiger partial charge is 0.314 e. The summed E-state index contributed by atoms with van der Waals surface area (Å²) in [6, 6.07) is 7.59. The van der Waals surface area contributed by atoms with E-state index in [4.69, 9.17) is 0 Å². The highest BCUT2D eigenvalue weighted by molar-refractivity contribution is 5.85. The van der Waals surface area contributed by atoms with E-state index in [1.165, 1.54) is 31.7 Å². The lowest BCUT2D eigenvalue weighted by Crippen LogP contribution is -2.27. The van der Waals surface area contributed by atoms with Crippen LogP contribution in [-0.2, 0) is 6.42 Å². The summed E-state index contributed by atoms with van der Waals surface area (Å²) in [6.45, 7) is 0.966. The molecule has 3 heteroatoms. The van der Waals surface area contributed by atoms with Gasteiger partial charge in [0.15, 0.2) is 0 Å². The first kappa shape index (κ1) is 13.5. The molecule has 1 aromatic rings. The van der Waals surface area contributed by atoms with Crippen LogP contribution in [0.3, 0.4) is 0 Å². The Morgan fingerprint density at radius 2 is 2.00 bits per heavy atom. The van der Waals surface area contributed by atoms with Gasteiger partial charge in [-0.25, -0.2) is 4.39 Å². The molecule has 0 heterocycles. The van der Waals surface area contributed by atoms with Crippen molar-refractivity contribution in [2.75, 3.05) is 6.54 Å². The highest BCUT2D eigenvalue weighted by Crippen LogP contribution is 2.17. The van der Waals surface area contributed by atoms with Crippen molar-refractivity contribution in [2.45, 2.75) is 38.1 Å². The minimum Gasteiger partial charge on any atom is -0.314 e. The molecular formula is C13H19ClFN. The first-order chi connectivity index (χ1) is 7.34. The molecule has 0 unspecified atom stereocenters.